The summed E-state index contributed by atoms with van der Waals surface area (Å²) in [6.45, 7) is 4.24. The molecule has 2 aromatic rings. The normalized spacial score (nSPS) is 12.2. The third kappa shape index (κ3) is 2.79. The Balaban J connectivity index is 2.15. The first-order valence-electron chi connectivity index (χ1n) is 6.41. The number of halogens is 1. The molecular formula is C14H17FN4O. The van der Waals surface area contributed by atoms with Crippen LogP contribution in [0.1, 0.15) is 35.9 Å². The van der Waals surface area contributed by atoms with Crippen LogP contribution in [-0.2, 0) is 6.54 Å². The van der Waals surface area contributed by atoms with Crippen molar-refractivity contribution in [1.82, 2.24) is 15.1 Å². The summed E-state index contributed by atoms with van der Waals surface area (Å²) in [7, 11) is 0. The molecule has 20 heavy (non-hydrogen) atoms. The standard InChI is InChI=1S/C14H17FN4O/c1-3-19-8-12(16)13(18-19)14(20)17-9(2)10-6-4-5-7-11(10)15/h4-9H,3,16H2,1-2H3,(H,17,20). The summed E-state index contributed by atoms with van der Waals surface area (Å²) in [5.41, 5.74) is 6.64. The molecule has 106 valence electrons. The van der Waals surface area contributed by atoms with Crippen LogP contribution in [0.3, 0.4) is 0 Å². The number of hydrogen-bond donors (Lipinski definition) is 2. The van der Waals surface area contributed by atoms with Crippen LogP contribution in [-0.4, -0.2) is 15.7 Å². The summed E-state index contributed by atoms with van der Waals surface area (Å²) >= 11 is 0. The minimum absolute atomic E-state index is 0.162. The van der Waals surface area contributed by atoms with E-state index in [0.29, 0.717) is 17.8 Å². The first-order valence-corrected chi connectivity index (χ1v) is 6.41. The lowest BCUT2D eigenvalue weighted by atomic mass is 10.1. The molecule has 1 aromatic heterocycles. The number of aryl methyl sites for hydroxylation is 1. The minimum atomic E-state index is -0.463. The molecule has 1 heterocycles. The zero-order chi connectivity index (χ0) is 14.7. The fourth-order valence-corrected chi connectivity index (χ4v) is 1.94. The van der Waals surface area contributed by atoms with Crippen molar-refractivity contribution >= 4 is 11.6 Å². The Morgan fingerprint density at radius 2 is 2.20 bits per heavy atom. The highest BCUT2D eigenvalue weighted by Gasteiger charge is 2.18. The highest BCUT2D eigenvalue weighted by molar-refractivity contribution is 5.97. The number of amides is 1. The van der Waals surface area contributed by atoms with Gasteiger partial charge in [-0.15, -0.1) is 0 Å². The van der Waals surface area contributed by atoms with Crippen LogP contribution in [0.15, 0.2) is 30.5 Å². The molecule has 5 nitrogen and oxygen atoms in total. The summed E-state index contributed by atoms with van der Waals surface area (Å²) in [5.74, 6) is -0.766. The van der Waals surface area contributed by atoms with Gasteiger partial charge in [-0.3, -0.25) is 9.48 Å². The van der Waals surface area contributed by atoms with Crippen LogP contribution in [0, 0.1) is 5.82 Å². The van der Waals surface area contributed by atoms with Crippen LogP contribution < -0.4 is 11.1 Å². The van der Waals surface area contributed by atoms with Gasteiger partial charge >= 0.3 is 0 Å². The van der Waals surface area contributed by atoms with Gasteiger partial charge in [0.25, 0.3) is 5.91 Å². The number of nitrogens with zero attached hydrogens (tertiary/aromatic N) is 2. The van der Waals surface area contributed by atoms with Crippen LogP contribution >= 0.6 is 0 Å². The van der Waals surface area contributed by atoms with E-state index in [-0.39, 0.29) is 11.5 Å². The number of anilines is 1. The van der Waals surface area contributed by atoms with Gasteiger partial charge in [0.1, 0.15) is 5.82 Å². The van der Waals surface area contributed by atoms with Gasteiger partial charge < -0.3 is 11.1 Å². The third-order valence-corrected chi connectivity index (χ3v) is 3.05. The Hall–Kier alpha value is -2.37. The van der Waals surface area contributed by atoms with E-state index in [2.05, 4.69) is 10.4 Å². The number of nitrogen functional groups attached to an aromatic ring is 1. The summed E-state index contributed by atoms with van der Waals surface area (Å²) in [6.07, 6.45) is 1.60. The largest absolute Gasteiger partial charge is 0.396 e. The topological polar surface area (TPSA) is 72.9 Å². The molecule has 1 atom stereocenters. The Morgan fingerprint density at radius 3 is 2.80 bits per heavy atom. The number of nitrogens with two attached hydrogens (primary N) is 1. The molecule has 0 saturated carbocycles. The second kappa shape index (κ2) is 5.73. The first kappa shape index (κ1) is 14.0. The molecule has 1 aromatic carbocycles. The van der Waals surface area contributed by atoms with Crippen molar-refractivity contribution < 1.29 is 9.18 Å². The average molecular weight is 276 g/mol. The van der Waals surface area contributed by atoms with Crippen molar-refractivity contribution in [2.45, 2.75) is 26.4 Å². The van der Waals surface area contributed by atoms with Crippen molar-refractivity contribution in [1.29, 1.82) is 0 Å². The van der Waals surface area contributed by atoms with E-state index in [9.17, 15) is 9.18 Å². The van der Waals surface area contributed by atoms with Gasteiger partial charge in [0.15, 0.2) is 5.69 Å². The number of carbonyl (C=O) groups is 1. The molecule has 0 aliphatic heterocycles. The molecule has 6 heteroatoms. The molecule has 2 rings (SSSR count). The highest BCUT2D eigenvalue weighted by atomic mass is 19.1. The highest BCUT2D eigenvalue weighted by Crippen LogP contribution is 2.17. The zero-order valence-corrected chi connectivity index (χ0v) is 11.4. The summed E-state index contributed by atoms with van der Waals surface area (Å²) in [5, 5.41) is 6.78. The number of hydrogen-bond acceptors (Lipinski definition) is 3. The van der Waals surface area contributed by atoms with Crippen molar-refractivity contribution in [3.8, 4) is 0 Å². The molecule has 0 spiro atoms. The van der Waals surface area contributed by atoms with Crippen molar-refractivity contribution in [3.63, 3.8) is 0 Å². The maximum absolute atomic E-state index is 13.6. The summed E-state index contributed by atoms with van der Waals surface area (Å²) in [4.78, 5) is 12.1. The molecular weight excluding hydrogens is 259 g/mol. The van der Waals surface area contributed by atoms with Crippen LogP contribution in [0.2, 0.25) is 0 Å². The third-order valence-electron chi connectivity index (χ3n) is 3.05. The Morgan fingerprint density at radius 1 is 1.50 bits per heavy atom. The van der Waals surface area contributed by atoms with E-state index in [1.807, 2.05) is 6.92 Å². The van der Waals surface area contributed by atoms with Crippen LogP contribution in [0.25, 0.3) is 0 Å². The van der Waals surface area contributed by atoms with Crippen molar-refractivity contribution in [3.05, 3.63) is 47.5 Å². The maximum atomic E-state index is 13.6. The van der Waals surface area contributed by atoms with Gasteiger partial charge in [0, 0.05) is 18.3 Å². The number of carbonyl (C=O) groups excluding carboxylic acids is 1. The molecule has 0 radical (unpaired) electrons. The van der Waals surface area contributed by atoms with Gasteiger partial charge in [0.05, 0.1) is 11.7 Å². The molecule has 1 amide bonds. The van der Waals surface area contributed by atoms with Gasteiger partial charge in [-0.25, -0.2) is 4.39 Å². The molecule has 0 bridgehead atoms. The van der Waals surface area contributed by atoms with E-state index in [0.717, 1.165) is 0 Å². The monoisotopic (exact) mass is 276 g/mol. The second-order valence-corrected chi connectivity index (χ2v) is 4.51. The number of aromatic nitrogens is 2. The lowest BCUT2D eigenvalue weighted by Crippen LogP contribution is -2.28. The van der Waals surface area contributed by atoms with Crippen LogP contribution in [0.4, 0.5) is 10.1 Å². The van der Waals surface area contributed by atoms with E-state index in [1.54, 1.807) is 36.0 Å². The Bertz CT molecular complexity index is 623. The molecule has 0 aliphatic rings. The van der Waals surface area contributed by atoms with E-state index in [1.165, 1.54) is 6.07 Å². The molecule has 1 unspecified atom stereocenters. The Kier molecular flexibility index (Phi) is 4.02. The van der Waals surface area contributed by atoms with Gasteiger partial charge in [-0.2, -0.15) is 5.10 Å². The van der Waals surface area contributed by atoms with Gasteiger partial charge in [0.2, 0.25) is 0 Å². The quantitative estimate of drug-likeness (QED) is 0.898. The SMILES string of the molecule is CCn1cc(N)c(C(=O)NC(C)c2ccccc2F)n1. The molecule has 0 fully saturated rings. The number of rotatable bonds is 4. The minimum Gasteiger partial charge on any atom is -0.396 e. The second-order valence-electron chi connectivity index (χ2n) is 4.51. The van der Waals surface area contributed by atoms with E-state index < -0.39 is 11.9 Å². The van der Waals surface area contributed by atoms with Crippen molar-refractivity contribution in [2.24, 2.45) is 0 Å². The maximum Gasteiger partial charge on any atom is 0.274 e. The van der Waals surface area contributed by atoms with E-state index in [4.69, 9.17) is 5.73 Å². The summed E-state index contributed by atoms with van der Waals surface area (Å²) < 4.78 is 15.2. The predicted molar refractivity (Wildman–Crippen MR) is 74.6 cm³/mol. The lowest BCUT2D eigenvalue weighted by Gasteiger charge is -2.14. The first-order chi connectivity index (χ1) is 9.52. The van der Waals surface area contributed by atoms with E-state index >= 15 is 0 Å². The molecule has 0 aliphatic carbocycles. The average Bonchev–Trinajstić information content (AvgIpc) is 2.80. The lowest BCUT2D eigenvalue weighted by molar-refractivity contribution is 0.0934. The van der Waals surface area contributed by atoms with Crippen molar-refractivity contribution in [2.75, 3.05) is 5.73 Å². The smallest absolute Gasteiger partial charge is 0.274 e. The number of nitrogens with one attached hydrogen (secondary N) is 1. The zero-order valence-electron chi connectivity index (χ0n) is 11.4. The molecule has 0 saturated heterocycles. The van der Waals surface area contributed by atoms with Gasteiger partial charge in [-0.1, -0.05) is 18.2 Å². The Labute approximate surface area is 116 Å². The summed E-state index contributed by atoms with van der Waals surface area (Å²) in [6, 6.07) is 5.86. The van der Waals surface area contributed by atoms with Crippen LogP contribution in [0.5, 0.6) is 0 Å². The van der Waals surface area contributed by atoms with Gasteiger partial charge in [-0.05, 0) is 19.9 Å². The predicted octanol–water partition coefficient (Wildman–Crippen LogP) is 2.12. The number of benzene rings is 1. The fraction of sp³-hybridized carbons (Fsp3) is 0.286. The fourth-order valence-electron chi connectivity index (χ4n) is 1.94. The molecule has 3 N–H and O–H groups in total.